The second kappa shape index (κ2) is 55.5. The summed E-state index contributed by atoms with van der Waals surface area (Å²) in [6, 6.07) is -7.60. The normalized spacial score (nSPS) is 19.4. The molecule has 0 spiro atoms. The molecule has 133 heavy (non-hydrogen) atoms. The van der Waals surface area contributed by atoms with Gasteiger partial charge >= 0.3 is 22.2 Å². The van der Waals surface area contributed by atoms with Crippen molar-refractivity contribution in [1.29, 1.82) is 10.8 Å². The lowest BCUT2D eigenvalue weighted by atomic mass is 9.91. The van der Waals surface area contributed by atoms with Gasteiger partial charge in [0.25, 0.3) is 5.91 Å². The molecule has 29 N–H and O–H groups in total. The van der Waals surface area contributed by atoms with Gasteiger partial charge in [-0.1, -0.05) is 96.9 Å². The number of amides is 17. The van der Waals surface area contributed by atoms with Gasteiger partial charge in [-0.05, 0) is 139 Å². The molecule has 0 radical (unpaired) electrons. The van der Waals surface area contributed by atoms with Crippen molar-refractivity contribution in [3.63, 3.8) is 0 Å². The number of carboxylic acid groups (broad SMARTS) is 2. The van der Waals surface area contributed by atoms with Crippen LogP contribution in [0.2, 0.25) is 0 Å². The van der Waals surface area contributed by atoms with Crippen LogP contribution in [-0.2, 0) is 103 Å². The molecular formula is C84H130FN23O24S. The zero-order valence-electron chi connectivity index (χ0n) is 76.4. The van der Waals surface area contributed by atoms with Crippen molar-refractivity contribution in [2.45, 2.75) is 267 Å². The van der Waals surface area contributed by atoms with E-state index in [9.17, 15) is 109 Å². The first kappa shape index (κ1) is 114. The number of aliphatic carboxylic acids is 2. The van der Waals surface area contributed by atoms with Crippen molar-refractivity contribution >= 4 is 135 Å². The number of rotatable bonds is 48. The summed E-state index contributed by atoms with van der Waals surface area (Å²) < 4.78 is 43.2. The molecule has 49 heteroatoms. The van der Waals surface area contributed by atoms with Gasteiger partial charge in [-0.3, -0.25) is 102 Å². The van der Waals surface area contributed by atoms with Crippen LogP contribution in [0.15, 0.2) is 65.6 Å². The van der Waals surface area contributed by atoms with E-state index < -0.39 is 279 Å². The second-order valence-corrected chi connectivity index (χ2v) is 34.5. The number of benzene rings is 2. The number of nitrogens with two attached hydrogens (primary N) is 4. The maximum absolute atomic E-state index is 15.1. The Morgan fingerprint density at radius 1 is 0.602 bits per heavy atom. The van der Waals surface area contributed by atoms with Gasteiger partial charge in [0.1, 0.15) is 83.3 Å². The van der Waals surface area contributed by atoms with Gasteiger partial charge < -0.3 is 128 Å². The predicted octanol–water partition coefficient (Wildman–Crippen LogP) is -4.16. The van der Waals surface area contributed by atoms with Gasteiger partial charge in [-0.2, -0.15) is 8.42 Å². The molecule has 738 valence electrons. The number of carbonyl (C=O) groups excluding carboxylic acids is 17. The van der Waals surface area contributed by atoms with Crippen molar-refractivity contribution < 1.29 is 118 Å². The largest absolute Gasteiger partial charge is 0.496 e. The van der Waals surface area contributed by atoms with Crippen molar-refractivity contribution in [1.82, 2.24) is 90.4 Å². The molecule has 1 aliphatic heterocycles. The number of allylic oxidation sites excluding steroid dienone is 2. The standard InChI is InChI=1S/C84H130FN23O24S/c1-12-45(5)65(77(126)95-43-62(111)97-57(40-63(112)113)74(123)99-52(27-23-35-92-81(88)89)70(119)100-55(67(87)116)38-49-25-19-18-20-26-49)105-75(124)58(41-64(114)115)102-71(120)53(28-24-36-93-82(90)91)98-73(122)56(37-44(3)4)101-72(121)54(30-32-61(86)110)103-80(129)84(10)34-22-17-15-14-16-21-33-83(9,107-48(8)109)79(128)104-59(42-94-69(118)51-39-50(133(85,130)131)29-31-60(51)132-11)76(125)106-66(46(6)13-2)78(127)96-47(7)68(117)108-84/h14-15,18-20,25-26,29,31,39,44-47,52-59,65-66H,12-13,16-17,21-24,27-28,30,32-38,40-43H2,1-11H3,(H2,86,110)(H2,87,116)(H,94,118)(H,95,126)(H,96,127)(H,97,111)(H,98,122)(H,99,123)(H,100,119)(H,101,121)(H,102,120)(H,103,129)(H,104,128)(H,105,124)(H,106,125)(H,107,109)(H,108,117)(H,112,113)(H,114,115)(H4,88,89,92)(H4,90,91,93)/b15-14+/t45-,46-,47-,52-,53-,54-,55-,56-,57-,58-,59-,65-,66-,83-,84-/m0/s1. The molecule has 0 unspecified atom stereocenters. The van der Waals surface area contributed by atoms with E-state index in [-0.39, 0.29) is 109 Å². The van der Waals surface area contributed by atoms with E-state index >= 15 is 4.79 Å². The van der Waals surface area contributed by atoms with E-state index in [0.717, 1.165) is 26.2 Å². The molecule has 0 aromatic heterocycles. The maximum atomic E-state index is 15.1. The summed E-state index contributed by atoms with van der Waals surface area (Å²) in [5, 5.41) is 77.2. The fourth-order valence-corrected chi connectivity index (χ4v) is 14.1. The summed E-state index contributed by atoms with van der Waals surface area (Å²) in [5.41, 5.74) is 18.4. The zero-order valence-corrected chi connectivity index (χ0v) is 77.2. The Labute approximate surface area is 769 Å². The lowest BCUT2D eigenvalue weighted by Gasteiger charge is -2.34. The van der Waals surface area contributed by atoms with Crippen LogP contribution in [0.5, 0.6) is 5.75 Å². The van der Waals surface area contributed by atoms with Crippen molar-refractivity contribution in [2.75, 3.05) is 33.3 Å². The Hall–Kier alpha value is -13.7. The van der Waals surface area contributed by atoms with Crippen LogP contribution in [0.3, 0.4) is 0 Å². The smallest absolute Gasteiger partial charge is 0.332 e. The molecule has 47 nitrogen and oxygen atoms in total. The fourth-order valence-electron chi connectivity index (χ4n) is 13.6. The first-order valence-corrected chi connectivity index (χ1v) is 44.7. The summed E-state index contributed by atoms with van der Waals surface area (Å²) in [5.74, 6) is -24.5. The number of nitrogens with one attached hydrogen (secondary N) is 19. The first-order valence-electron chi connectivity index (χ1n) is 43.3. The number of carboxylic acids is 2. The number of carbonyl (C=O) groups is 19. The van der Waals surface area contributed by atoms with Crippen LogP contribution in [-0.4, -0.2) is 254 Å². The SMILES string of the molecule is CC[C@H](C)[C@H](NC(=O)[C@H](CC(=O)O)NC(=O)[C@H](CCCNC(=N)N)NC(=O)[C@H](CC(C)C)NC(=O)[C@H](CCC(N)=O)NC(=O)[C@]1(C)CCC/C=C/CCC[C@](C)(NC(C)=O)C(=O)N[C@@H](CNC(=O)c2cc(S(=O)(=O)F)ccc2OC)C(=O)N[C@@H]([C@@H](C)CC)C(=O)N[C@@H](C)C(=O)N1)C(=O)NCC(=O)N[C@@H](CC(=O)O)C(=O)N[C@@H](CCCNC(=N)N)C(=O)N[C@@H](Cc1ccccc1)C(N)=O. The fraction of sp³-hybridized carbons (Fsp3) is 0.583. The van der Waals surface area contributed by atoms with E-state index in [1.807, 2.05) is 0 Å². The molecule has 0 fully saturated rings. The van der Waals surface area contributed by atoms with Crippen molar-refractivity contribution in [2.24, 2.45) is 40.7 Å². The van der Waals surface area contributed by atoms with Crippen LogP contribution in [0.25, 0.3) is 0 Å². The summed E-state index contributed by atoms with van der Waals surface area (Å²) in [6.45, 7) is 12.7. The minimum absolute atomic E-state index is 0.0118. The van der Waals surface area contributed by atoms with E-state index in [0.29, 0.717) is 11.6 Å². The van der Waals surface area contributed by atoms with E-state index in [1.54, 1.807) is 77.1 Å². The molecule has 1 aliphatic rings. The first-order chi connectivity index (χ1) is 62.3. The second-order valence-electron chi connectivity index (χ2n) is 33.2. The Bertz CT molecular complexity index is 4640. The number of hydrogen-bond acceptors (Lipinski definition) is 24. The van der Waals surface area contributed by atoms with Gasteiger partial charge in [0.2, 0.25) is 94.5 Å². The van der Waals surface area contributed by atoms with Gasteiger partial charge in [0.15, 0.2) is 11.9 Å². The highest BCUT2D eigenvalue weighted by Crippen LogP contribution is 2.26. The lowest BCUT2D eigenvalue weighted by Crippen LogP contribution is -2.65. The lowest BCUT2D eigenvalue weighted by molar-refractivity contribution is -0.142. The van der Waals surface area contributed by atoms with Crippen LogP contribution >= 0.6 is 0 Å². The van der Waals surface area contributed by atoms with E-state index in [4.69, 9.17) is 38.5 Å². The van der Waals surface area contributed by atoms with Gasteiger partial charge in [-0.25, -0.2) is 0 Å². The van der Waals surface area contributed by atoms with E-state index in [2.05, 4.69) is 90.4 Å². The number of hydrogen-bond donors (Lipinski definition) is 25. The number of guanidine groups is 2. The number of halogens is 1. The Kier molecular flexibility index (Phi) is 47.4. The van der Waals surface area contributed by atoms with Crippen molar-refractivity contribution in [3.8, 4) is 5.75 Å². The molecule has 0 saturated carbocycles. The molecule has 0 bridgehead atoms. The Morgan fingerprint density at radius 2 is 1.11 bits per heavy atom. The van der Waals surface area contributed by atoms with Crippen LogP contribution < -0.4 is 118 Å². The minimum atomic E-state index is -5.37. The molecule has 17 amide bonds. The zero-order chi connectivity index (χ0) is 100. The minimum Gasteiger partial charge on any atom is -0.496 e. The Morgan fingerprint density at radius 3 is 1.62 bits per heavy atom. The molecule has 0 saturated heterocycles. The summed E-state index contributed by atoms with van der Waals surface area (Å²) in [7, 11) is -4.23. The van der Waals surface area contributed by atoms with Crippen molar-refractivity contribution in [3.05, 3.63) is 71.8 Å². The third-order valence-corrected chi connectivity index (χ3v) is 22.3. The Balaban J connectivity index is 2.01. The summed E-state index contributed by atoms with van der Waals surface area (Å²) >= 11 is 0. The maximum Gasteiger partial charge on any atom is 0.332 e. The third kappa shape index (κ3) is 40.3. The molecular weight excluding hydrogens is 1770 g/mol. The monoisotopic (exact) mass is 1900 g/mol. The summed E-state index contributed by atoms with van der Waals surface area (Å²) in [4.78, 5) is 263. The highest BCUT2D eigenvalue weighted by Gasteiger charge is 2.43. The average Bonchev–Trinajstić information content (AvgIpc) is 1.03. The van der Waals surface area contributed by atoms with E-state index in [1.165, 1.54) is 27.7 Å². The molecule has 2 aromatic rings. The summed E-state index contributed by atoms with van der Waals surface area (Å²) in [6.07, 6.45) is -0.0423. The predicted molar refractivity (Wildman–Crippen MR) is 478 cm³/mol. The topological polar surface area (TPSA) is 764 Å². The number of ether oxygens (including phenoxy) is 1. The quantitative estimate of drug-likeness (QED) is 0.00983. The molecule has 3 rings (SSSR count). The molecule has 1 heterocycles. The number of primary amides is 2. The van der Waals surface area contributed by atoms with Gasteiger partial charge in [0, 0.05) is 39.4 Å². The molecule has 2 aromatic carbocycles. The average molecular weight is 1900 g/mol. The molecule has 15 atom stereocenters. The third-order valence-electron chi connectivity index (χ3n) is 21.5. The van der Waals surface area contributed by atoms with Gasteiger partial charge in [-0.15, -0.1) is 3.89 Å². The van der Waals surface area contributed by atoms with Crippen LogP contribution in [0.1, 0.15) is 194 Å². The van der Waals surface area contributed by atoms with Crippen LogP contribution in [0, 0.1) is 28.6 Å². The molecule has 0 aliphatic carbocycles. The van der Waals surface area contributed by atoms with Gasteiger partial charge in [0.05, 0.1) is 37.0 Å². The highest BCUT2D eigenvalue weighted by atomic mass is 32.3. The number of methoxy groups -OCH3 is 1. The highest BCUT2D eigenvalue weighted by molar-refractivity contribution is 7.86. The van der Waals surface area contributed by atoms with Crippen LogP contribution in [0.4, 0.5) is 3.89 Å².